The summed E-state index contributed by atoms with van der Waals surface area (Å²) in [5.74, 6) is -1.46. The van der Waals surface area contributed by atoms with E-state index in [2.05, 4.69) is 10.3 Å². The topological polar surface area (TPSA) is 151 Å². The summed E-state index contributed by atoms with van der Waals surface area (Å²) in [7, 11) is 0. The number of benzene rings is 1. The number of H-pyrrole nitrogens is 1. The fourth-order valence-corrected chi connectivity index (χ4v) is 4.09. The van der Waals surface area contributed by atoms with Crippen molar-refractivity contribution in [3.8, 4) is 0 Å². The van der Waals surface area contributed by atoms with Gasteiger partial charge in [-0.3, -0.25) is 28.8 Å². The average Bonchev–Trinajstić information content (AvgIpc) is 3.02. The lowest BCUT2D eigenvalue weighted by Gasteiger charge is -2.27. The Morgan fingerprint density at radius 1 is 1.14 bits per heavy atom. The number of rotatable bonds is 9. The quantitative estimate of drug-likeness (QED) is 0.458. The third-order valence-electron chi connectivity index (χ3n) is 5.99. The SMILES string of the molecule is CCCCn1c(N)c(N(CC(C)C)C(=O)CN2C(=O)NC(C)(c3ccccc3)C2=O)c(=O)[nH]c1=O. The molecule has 1 aliphatic rings. The van der Waals surface area contributed by atoms with E-state index in [0.29, 0.717) is 12.0 Å². The number of anilines is 2. The van der Waals surface area contributed by atoms with Gasteiger partial charge in [-0.1, -0.05) is 57.5 Å². The first-order valence-corrected chi connectivity index (χ1v) is 11.6. The number of nitrogens with zero attached hydrogens (tertiary/aromatic N) is 3. The minimum atomic E-state index is -1.33. The summed E-state index contributed by atoms with van der Waals surface area (Å²) < 4.78 is 1.22. The fourth-order valence-electron chi connectivity index (χ4n) is 4.09. The molecule has 1 fully saturated rings. The summed E-state index contributed by atoms with van der Waals surface area (Å²) in [5, 5.41) is 2.66. The molecule has 11 heteroatoms. The van der Waals surface area contributed by atoms with Crippen LogP contribution in [0.3, 0.4) is 0 Å². The Hall–Kier alpha value is -3.89. The van der Waals surface area contributed by atoms with Crippen LogP contribution >= 0.6 is 0 Å². The average molecular weight is 485 g/mol. The van der Waals surface area contributed by atoms with Crippen LogP contribution in [0.4, 0.5) is 16.3 Å². The monoisotopic (exact) mass is 484 g/mol. The molecule has 0 spiro atoms. The van der Waals surface area contributed by atoms with E-state index in [1.807, 2.05) is 20.8 Å². The van der Waals surface area contributed by atoms with Crippen LogP contribution in [0, 0.1) is 5.92 Å². The van der Waals surface area contributed by atoms with Crippen LogP contribution in [0.25, 0.3) is 0 Å². The van der Waals surface area contributed by atoms with Crippen LogP contribution < -0.4 is 27.2 Å². The molecule has 4 N–H and O–H groups in total. The molecule has 0 radical (unpaired) electrons. The number of amides is 4. The Bertz CT molecular complexity index is 1240. The molecule has 1 aromatic carbocycles. The normalized spacial score (nSPS) is 17.7. The maximum atomic E-state index is 13.4. The first kappa shape index (κ1) is 25.7. The van der Waals surface area contributed by atoms with Gasteiger partial charge >= 0.3 is 11.7 Å². The molecule has 0 bridgehead atoms. The molecule has 1 unspecified atom stereocenters. The van der Waals surface area contributed by atoms with Crippen molar-refractivity contribution in [2.45, 2.75) is 52.6 Å². The van der Waals surface area contributed by atoms with Gasteiger partial charge < -0.3 is 16.0 Å². The molecule has 2 heterocycles. The van der Waals surface area contributed by atoms with Crippen molar-refractivity contribution in [2.24, 2.45) is 5.92 Å². The molecule has 1 saturated heterocycles. The van der Waals surface area contributed by atoms with Crippen LogP contribution in [0.5, 0.6) is 0 Å². The van der Waals surface area contributed by atoms with E-state index in [-0.39, 0.29) is 30.5 Å². The highest BCUT2D eigenvalue weighted by Crippen LogP contribution is 2.29. The third-order valence-corrected chi connectivity index (χ3v) is 5.99. The largest absolute Gasteiger partial charge is 0.383 e. The number of urea groups is 1. The van der Waals surface area contributed by atoms with Crippen LogP contribution in [-0.2, 0) is 21.7 Å². The van der Waals surface area contributed by atoms with E-state index in [0.717, 1.165) is 16.2 Å². The summed E-state index contributed by atoms with van der Waals surface area (Å²) in [6, 6.07) is 8.01. The second-order valence-electron chi connectivity index (χ2n) is 9.21. The molecule has 35 heavy (non-hydrogen) atoms. The number of nitrogens with two attached hydrogens (primary N) is 1. The highest BCUT2D eigenvalue weighted by molar-refractivity contribution is 6.10. The highest BCUT2D eigenvalue weighted by atomic mass is 16.2. The fraction of sp³-hybridized carbons (Fsp3) is 0.458. The van der Waals surface area contributed by atoms with Gasteiger partial charge in [-0.05, 0) is 24.8 Å². The van der Waals surface area contributed by atoms with Gasteiger partial charge in [0.1, 0.15) is 17.9 Å². The summed E-state index contributed by atoms with van der Waals surface area (Å²) in [4.78, 5) is 68.7. The molecule has 1 atom stereocenters. The number of hydrogen-bond donors (Lipinski definition) is 3. The zero-order chi connectivity index (χ0) is 25.9. The van der Waals surface area contributed by atoms with Gasteiger partial charge in [0.15, 0.2) is 5.69 Å². The number of nitrogens with one attached hydrogen (secondary N) is 2. The standard InChI is InChI=1S/C24H32N6O5/c1-5-6-12-28-19(25)18(20(32)26-22(28)34)29(13-15(2)3)17(31)14-30-21(33)24(4,27-23(30)35)16-10-8-7-9-11-16/h7-11,15H,5-6,12-14,25H2,1-4H3,(H,27,35)(H,26,32,34). The Balaban J connectivity index is 1.97. The molecular weight excluding hydrogens is 452 g/mol. The maximum absolute atomic E-state index is 13.4. The molecule has 0 saturated carbocycles. The minimum Gasteiger partial charge on any atom is -0.383 e. The summed E-state index contributed by atoms with van der Waals surface area (Å²) in [6.07, 6.45) is 1.44. The Morgan fingerprint density at radius 3 is 2.40 bits per heavy atom. The number of carbonyl (C=O) groups excluding carboxylic acids is 3. The predicted octanol–water partition coefficient (Wildman–Crippen LogP) is 1.38. The lowest BCUT2D eigenvalue weighted by molar-refractivity contribution is -0.134. The first-order chi connectivity index (χ1) is 16.5. The van der Waals surface area contributed by atoms with Crippen molar-refractivity contribution in [3.05, 3.63) is 56.7 Å². The smallest absolute Gasteiger partial charge is 0.330 e. The number of hydrogen-bond acceptors (Lipinski definition) is 6. The molecule has 188 valence electrons. The van der Waals surface area contributed by atoms with Crippen LogP contribution in [-0.4, -0.2) is 45.4 Å². The van der Waals surface area contributed by atoms with E-state index in [9.17, 15) is 24.0 Å². The minimum absolute atomic E-state index is 0.0774. The summed E-state index contributed by atoms with van der Waals surface area (Å²) in [5.41, 5.74) is 3.83. The van der Waals surface area contributed by atoms with Gasteiger partial charge in [0, 0.05) is 13.1 Å². The van der Waals surface area contributed by atoms with Gasteiger partial charge in [0.05, 0.1) is 0 Å². The number of unbranched alkanes of at least 4 members (excludes halogenated alkanes) is 1. The Morgan fingerprint density at radius 2 is 1.80 bits per heavy atom. The zero-order valence-corrected chi connectivity index (χ0v) is 20.5. The van der Waals surface area contributed by atoms with Crippen LogP contribution in [0.15, 0.2) is 39.9 Å². The van der Waals surface area contributed by atoms with E-state index in [1.54, 1.807) is 37.3 Å². The third kappa shape index (κ3) is 4.98. The van der Waals surface area contributed by atoms with E-state index in [1.165, 1.54) is 4.57 Å². The van der Waals surface area contributed by atoms with Crippen molar-refractivity contribution < 1.29 is 14.4 Å². The molecule has 1 aromatic heterocycles. The second-order valence-corrected chi connectivity index (χ2v) is 9.21. The maximum Gasteiger partial charge on any atom is 0.330 e. The molecular formula is C24H32N6O5. The van der Waals surface area contributed by atoms with Gasteiger partial charge in [0.2, 0.25) is 5.91 Å². The van der Waals surface area contributed by atoms with E-state index >= 15 is 0 Å². The lowest BCUT2D eigenvalue weighted by Crippen LogP contribution is -2.48. The van der Waals surface area contributed by atoms with Crippen molar-refractivity contribution in [1.82, 2.24) is 19.8 Å². The number of aromatic amines is 1. The zero-order valence-electron chi connectivity index (χ0n) is 20.5. The molecule has 0 aliphatic carbocycles. The van der Waals surface area contributed by atoms with Gasteiger partial charge in [-0.25, -0.2) is 9.59 Å². The number of nitrogen functional groups attached to an aromatic ring is 1. The number of aromatic nitrogens is 2. The van der Waals surface area contributed by atoms with Gasteiger partial charge in [-0.15, -0.1) is 0 Å². The number of imide groups is 1. The Labute approximate surface area is 202 Å². The molecule has 4 amide bonds. The first-order valence-electron chi connectivity index (χ1n) is 11.6. The Kier molecular flexibility index (Phi) is 7.47. The lowest BCUT2D eigenvalue weighted by atomic mass is 9.92. The van der Waals surface area contributed by atoms with Gasteiger partial charge in [0.25, 0.3) is 11.5 Å². The summed E-state index contributed by atoms with van der Waals surface area (Å²) in [6.45, 7) is 6.99. The van der Waals surface area contributed by atoms with Crippen molar-refractivity contribution >= 4 is 29.4 Å². The molecule has 2 aromatic rings. The highest BCUT2D eigenvalue weighted by Gasteiger charge is 2.49. The van der Waals surface area contributed by atoms with Gasteiger partial charge in [-0.2, -0.15) is 0 Å². The molecule has 11 nitrogen and oxygen atoms in total. The van der Waals surface area contributed by atoms with Crippen molar-refractivity contribution in [2.75, 3.05) is 23.7 Å². The van der Waals surface area contributed by atoms with Crippen molar-refractivity contribution in [1.29, 1.82) is 0 Å². The molecule has 3 rings (SSSR count). The van der Waals surface area contributed by atoms with E-state index in [4.69, 9.17) is 5.73 Å². The van der Waals surface area contributed by atoms with E-state index < -0.39 is 41.2 Å². The van der Waals surface area contributed by atoms with Crippen LogP contribution in [0.2, 0.25) is 0 Å². The van der Waals surface area contributed by atoms with Crippen molar-refractivity contribution in [3.63, 3.8) is 0 Å². The second kappa shape index (κ2) is 10.2. The summed E-state index contributed by atoms with van der Waals surface area (Å²) >= 11 is 0. The number of carbonyl (C=O) groups is 3. The predicted molar refractivity (Wildman–Crippen MR) is 132 cm³/mol. The molecule has 1 aliphatic heterocycles. The van der Waals surface area contributed by atoms with Crippen LogP contribution in [0.1, 0.15) is 46.1 Å².